The molecule has 82 valence electrons. The number of hydrogen-bond donors (Lipinski definition) is 1. The van der Waals surface area contributed by atoms with Crippen molar-refractivity contribution in [3.8, 4) is 0 Å². The highest BCUT2D eigenvalue weighted by molar-refractivity contribution is 5.72. The maximum absolute atomic E-state index is 11.0. The van der Waals surface area contributed by atoms with E-state index >= 15 is 0 Å². The van der Waals surface area contributed by atoms with Crippen LogP contribution in [0.1, 0.15) is 33.1 Å². The lowest BCUT2D eigenvalue weighted by atomic mass is 9.91. The quantitative estimate of drug-likeness (QED) is 0.666. The summed E-state index contributed by atoms with van der Waals surface area (Å²) in [6.45, 7) is 4.01. The molecule has 0 aromatic heterocycles. The van der Waals surface area contributed by atoms with Gasteiger partial charge in [0, 0.05) is 12.8 Å². The monoisotopic (exact) mass is 202 g/mol. The van der Waals surface area contributed by atoms with Crippen molar-refractivity contribution >= 4 is 11.9 Å². The molecule has 0 aliphatic carbocycles. The van der Waals surface area contributed by atoms with E-state index in [9.17, 15) is 9.59 Å². The van der Waals surface area contributed by atoms with Crippen LogP contribution in [0.5, 0.6) is 0 Å². The van der Waals surface area contributed by atoms with Crippen LogP contribution in [-0.2, 0) is 14.3 Å². The van der Waals surface area contributed by atoms with Gasteiger partial charge in [-0.25, -0.2) is 0 Å². The molecular formula is C10H18O4. The highest BCUT2D eigenvalue weighted by Gasteiger charge is 2.18. The largest absolute Gasteiger partial charge is 0.481 e. The summed E-state index contributed by atoms with van der Waals surface area (Å²) in [5.41, 5.74) is 0. The molecule has 4 nitrogen and oxygen atoms in total. The van der Waals surface area contributed by atoms with Crippen molar-refractivity contribution in [2.24, 2.45) is 11.8 Å². The molecule has 1 atom stereocenters. The Morgan fingerprint density at radius 2 is 1.86 bits per heavy atom. The summed E-state index contributed by atoms with van der Waals surface area (Å²) in [4.78, 5) is 21.5. The normalized spacial score (nSPS) is 12.6. The Hall–Kier alpha value is -1.06. The molecule has 0 spiro atoms. The smallest absolute Gasteiger partial charge is 0.305 e. The summed E-state index contributed by atoms with van der Waals surface area (Å²) in [6, 6.07) is 0. The van der Waals surface area contributed by atoms with E-state index in [1.54, 1.807) is 0 Å². The Morgan fingerprint density at radius 1 is 1.29 bits per heavy atom. The second-order valence-electron chi connectivity index (χ2n) is 3.87. The van der Waals surface area contributed by atoms with Gasteiger partial charge in [-0.1, -0.05) is 13.8 Å². The molecule has 0 amide bonds. The molecule has 0 aromatic carbocycles. The van der Waals surface area contributed by atoms with E-state index in [0.29, 0.717) is 5.92 Å². The van der Waals surface area contributed by atoms with Crippen LogP contribution in [-0.4, -0.2) is 24.2 Å². The minimum Gasteiger partial charge on any atom is -0.481 e. The molecule has 4 heteroatoms. The summed E-state index contributed by atoms with van der Waals surface area (Å²) in [6.07, 6.45) is 0.968. The summed E-state index contributed by atoms with van der Waals surface area (Å²) < 4.78 is 4.51. The zero-order valence-corrected chi connectivity index (χ0v) is 8.95. The number of hydrogen-bond acceptors (Lipinski definition) is 3. The van der Waals surface area contributed by atoms with Crippen LogP contribution >= 0.6 is 0 Å². The van der Waals surface area contributed by atoms with E-state index in [1.165, 1.54) is 7.11 Å². The number of carboxylic acid groups (broad SMARTS) is 1. The van der Waals surface area contributed by atoms with Crippen LogP contribution in [0.15, 0.2) is 0 Å². The van der Waals surface area contributed by atoms with E-state index in [4.69, 9.17) is 5.11 Å². The van der Waals surface area contributed by atoms with E-state index in [1.807, 2.05) is 13.8 Å². The van der Waals surface area contributed by atoms with Crippen molar-refractivity contribution < 1.29 is 19.4 Å². The van der Waals surface area contributed by atoms with Crippen molar-refractivity contribution in [3.05, 3.63) is 0 Å². The zero-order valence-electron chi connectivity index (χ0n) is 8.95. The van der Waals surface area contributed by atoms with Gasteiger partial charge in [-0.3, -0.25) is 9.59 Å². The van der Waals surface area contributed by atoms with Crippen LogP contribution in [0.2, 0.25) is 0 Å². The maximum Gasteiger partial charge on any atom is 0.305 e. The van der Waals surface area contributed by atoms with Gasteiger partial charge in [-0.2, -0.15) is 0 Å². The number of carbonyl (C=O) groups excluding carboxylic acids is 1. The zero-order chi connectivity index (χ0) is 11.1. The Labute approximate surface area is 84.3 Å². The van der Waals surface area contributed by atoms with Crippen molar-refractivity contribution in [1.29, 1.82) is 0 Å². The van der Waals surface area contributed by atoms with Crippen molar-refractivity contribution in [1.82, 2.24) is 0 Å². The molecule has 0 saturated heterocycles. The second-order valence-corrected chi connectivity index (χ2v) is 3.87. The fourth-order valence-corrected chi connectivity index (χ4v) is 1.47. The number of aliphatic carboxylic acids is 1. The molecule has 0 radical (unpaired) electrons. The predicted octanol–water partition coefficient (Wildman–Crippen LogP) is 1.69. The third kappa shape index (κ3) is 6.46. The summed E-state index contributed by atoms with van der Waals surface area (Å²) in [5.74, 6) is -0.916. The lowest BCUT2D eigenvalue weighted by Crippen LogP contribution is -2.15. The first-order chi connectivity index (χ1) is 6.45. The first kappa shape index (κ1) is 12.9. The molecule has 0 aromatic rings. The van der Waals surface area contributed by atoms with Gasteiger partial charge in [0.2, 0.25) is 0 Å². The lowest BCUT2D eigenvalue weighted by Gasteiger charge is -2.15. The number of esters is 1. The number of ether oxygens (including phenoxy) is 1. The SMILES string of the molecule is COC(=O)C[C@H](CC(=O)O)CC(C)C. The second kappa shape index (κ2) is 6.40. The maximum atomic E-state index is 11.0. The predicted molar refractivity (Wildman–Crippen MR) is 51.8 cm³/mol. The van der Waals surface area contributed by atoms with Crippen LogP contribution in [0, 0.1) is 11.8 Å². The third-order valence-corrected chi connectivity index (χ3v) is 1.95. The number of rotatable bonds is 6. The van der Waals surface area contributed by atoms with Gasteiger partial charge >= 0.3 is 11.9 Å². The molecule has 0 aliphatic heterocycles. The fourth-order valence-electron chi connectivity index (χ4n) is 1.47. The Balaban J connectivity index is 4.09. The molecule has 1 N–H and O–H groups in total. The average Bonchev–Trinajstić information content (AvgIpc) is 2.01. The highest BCUT2D eigenvalue weighted by Crippen LogP contribution is 2.19. The molecule has 0 aliphatic rings. The molecule has 0 fully saturated rings. The first-order valence-corrected chi connectivity index (χ1v) is 4.74. The first-order valence-electron chi connectivity index (χ1n) is 4.74. The molecule has 0 heterocycles. The van der Waals surface area contributed by atoms with Crippen molar-refractivity contribution in [2.45, 2.75) is 33.1 Å². The van der Waals surface area contributed by atoms with E-state index in [2.05, 4.69) is 4.74 Å². The van der Waals surface area contributed by atoms with Crippen molar-refractivity contribution in [3.63, 3.8) is 0 Å². The van der Waals surface area contributed by atoms with Crippen LogP contribution in [0.4, 0.5) is 0 Å². The fraction of sp³-hybridized carbons (Fsp3) is 0.800. The van der Waals surface area contributed by atoms with Gasteiger partial charge in [0.05, 0.1) is 7.11 Å². The Bertz CT molecular complexity index is 198. The van der Waals surface area contributed by atoms with Gasteiger partial charge in [-0.15, -0.1) is 0 Å². The standard InChI is InChI=1S/C10H18O4/c1-7(2)4-8(5-9(11)12)6-10(13)14-3/h7-8H,4-6H2,1-3H3,(H,11,12)/t8-/m0/s1. The molecular weight excluding hydrogens is 184 g/mol. The average molecular weight is 202 g/mol. The van der Waals surface area contributed by atoms with Gasteiger partial charge in [-0.05, 0) is 18.3 Å². The van der Waals surface area contributed by atoms with E-state index < -0.39 is 5.97 Å². The summed E-state index contributed by atoms with van der Waals surface area (Å²) >= 11 is 0. The molecule has 0 rings (SSSR count). The number of carboxylic acids is 1. The van der Waals surface area contributed by atoms with Crippen LogP contribution < -0.4 is 0 Å². The molecule has 0 unspecified atom stereocenters. The highest BCUT2D eigenvalue weighted by atomic mass is 16.5. The summed E-state index contributed by atoms with van der Waals surface area (Å²) in [7, 11) is 1.32. The van der Waals surface area contributed by atoms with Gasteiger partial charge in [0.15, 0.2) is 0 Å². The molecule has 0 saturated carbocycles. The van der Waals surface area contributed by atoms with Gasteiger partial charge < -0.3 is 9.84 Å². The minimum atomic E-state index is -0.862. The number of methoxy groups -OCH3 is 1. The Kier molecular flexibility index (Phi) is 5.92. The van der Waals surface area contributed by atoms with Crippen LogP contribution in [0.25, 0.3) is 0 Å². The van der Waals surface area contributed by atoms with Gasteiger partial charge in [0.1, 0.15) is 0 Å². The molecule has 0 bridgehead atoms. The van der Waals surface area contributed by atoms with Gasteiger partial charge in [0.25, 0.3) is 0 Å². The van der Waals surface area contributed by atoms with Crippen LogP contribution in [0.3, 0.4) is 0 Å². The topological polar surface area (TPSA) is 63.6 Å². The number of carbonyl (C=O) groups is 2. The lowest BCUT2D eigenvalue weighted by molar-refractivity contribution is -0.143. The van der Waals surface area contributed by atoms with E-state index in [-0.39, 0.29) is 24.7 Å². The minimum absolute atomic E-state index is 0.0350. The Morgan fingerprint density at radius 3 is 2.21 bits per heavy atom. The van der Waals surface area contributed by atoms with E-state index in [0.717, 1.165) is 6.42 Å². The van der Waals surface area contributed by atoms with Crippen molar-refractivity contribution in [2.75, 3.05) is 7.11 Å². The summed E-state index contributed by atoms with van der Waals surface area (Å²) in [5, 5.41) is 8.63. The molecule has 14 heavy (non-hydrogen) atoms. The third-order valence-electron chi connectivity index (χ3n) is 1.95.